The maximum Gasteiger partial charge on any atom is 0.227 e. The first-order valence-corrected chi connectivity index (χ1v) is 9.50. The maximum atomic E-state index is 5.42. The molecule has 6 heteroatoms. The van der Waals surface area contributed by atoms with E-state index in [1.807, 2.05) is 20.2 Å². The van der Waals surface area contributed by atoms with E-state index in [9.17, 15) is 0 Å². The van der Waals surface area contributed by atoms with Crippen LogP contribution in [0.15, 0.2) is 60.8 Å². The Bertz CT molecular complexity index is 909. The third-order valence-electron chi connectivity index (χ3n) is 4.83. The number of benzene rings is 2. The number of anilines is 4. The molecule has 3 aromatic rings. The van der Waals surface area contributed by atoms with E-state index in [1.165, 1.54) is 5.69 Å². The van der Waals surface area contributed by atoms with Gasteiger partial charge < -0.3 is 19.9 Å². The van der Waals surface area contributed by atoms with Crippen molar-refractivity contribution < 1.29 is 6.16 Å². The largest absolute Gasteiger partial charge is 0.378 e. The Balaban J connectivity index is 0.00000240. The van der Waals surface area contributed by atoms with Crippen LogP contribution in [-0.2, 0) is 4.74 Å². The Labute approximate surface area is 167 Å². The molecule has 1 aliphatic heterocycles. The molecule has 0 spiro atoms. The van der Waals surface area contributed by atoms with Gasteiger partial charge in [-0.25, -0.2) is 9.97 Å². The van der Waals surface area contributed by atoms with Gasteiger partial charge in [-0.1, -0.05) is 12.1 Å². The van der Waals surface area contributed by atoms with Crippen LogP contribution in [0.25, 0.3) is 11.3 Å². The second kappa shape index (κ2) is 8.27. The van der Waals surface area contributed by atoms with Crippen molar-refractivity contribution in [3.63, 3.8) is 0 Å². The van der Waals surface area contributed by atoms with Crippen LogP contribution in [-0.4, -0.2) is 50.4 Å². The summed E-state index contributed by atoms with van der Waals surface area (Å²) in [5, 5.41) is 3.30. The minimum atomic E-state index is 0. The van der Waals surface area contributed by atoms with E-state index in [4.69, 9.17) is 4.74 Å². The lowest BCUT2D eigenvalue weighted by molar-refractivity contribution is 0.122. The molecule has 0 unspecified atom stereocenters. The fourth-order valence-corrected chi connectivity index (χ4v) is 3.22. The normalized spacial score (nSPS) is 14.0. The Kier molecular flexibility index (Phi) is 5.39. The van der Waals surface area contributed by atoms with Gasteiger partial charge in [-0.05, 0) is 42.5 Å². The van der Waals surface area contributed by atoms with Gasteiger partial charge in [0.1, 0.15) is 0 Å². The smallest absolute Gasteiger partial charge is 0.227 e. The number of morpholine rings is 1. The molecule has 2 aromatic carbocycles. The van der Waals surface area contributed by atoms with Crippen molar-refractivity contribution in [1.82, 2.24) is 9.97 Å². The molecular weight excluding hydrogens is 350 g/mol. The number of aromatic nitrogens is 2. The number of nitrogens with zero attached hydrogens (tertiary/aromatic N) is 4. The summed E-state index contributed by atoms with van der Waals surface area (Å²) in [5.41, 5.74) is 5.31. The van der Waals surface area contributed by atoms with Crippen LogP contribution in [0, 0.1) is 0 Å². The third-order valence-corrected chi connectivity index (χ3v) is 4.83. The van der Waals surface area contributed by atoms with Crippen LogP contribution in [0.2, 0.25) is 0 Å². The van der Waals surface area contributed by atoms with Gasteiger partial charge in [0, 0.05) is 57.4 Å². The van der Waals surface area contributed by atoms with Gasteiger partial charge in [0.15, 0.2) is 0 Å². The van der Waals surface area contributed by atoms with E-state index in [-0.39, 0.29) is 1.43 Å². The monoisotopic (exact) mass is 377 g/mol. The fraction of sp³-hybridized carbons (Fsp3) is 0.273. The molecule has 0 atom stereocenters. The third kappa shape index (κ3) is 4.23. The zero-order valence-electron chi connectivity index (χ0n) is 16.3. The van der Waals surface area contributed by atoms with Crippen LogP contribution in [0.4, 0.5) is 23.0 Å². The molecule has 28 heavy (non-hydrogen) atoms. The molecule has 6 nitrogen and oxygen atoms in total. The summed E-state index contributed by atoms with van der Waals surface area (Å²) >= 11 is 0. The van der Waals surface area contributed by atoms with Crippen molar-refractivity contribution in [1.29, 1.82) is 0 Å². The first kappa shape index (κ1) is 18.3. The lowest BCUT2D eigenvalue weighted by Gasteiger charge is -2.28. The summed E-state index contributed by atoms with van der Waals surface area (Å²) in [7, 11) is 4.07. The van der Waals surface area contributed by atoms with Crippen molar-refractivity contribution in [2.75, 3.05) is 55.5 Å². The maximum absolute atomic E-state index is 5.42. The number of nitrogens with one attached hydrogen (secondary N) is 1. The number of hydrogen-bond acceptors (Lipinski definition) is 6. The number of rotatable bonds is 5. The highest BCUT2D eigenvalue weighted by Crippen LogP contribution is 2.24. The quantitative estimate of drug-likeness (QED) is 0.724. The van der Waals surface area contributed by atoms with E-state index >= 15 is 0 Å². The highest BCUT2D eigenvalue weighted by molar-refractivity contribution is 5.65. The van der Waals surface area contributed by atoms with Crippen molar-refractivity contribution in [3.8, 4) is 11.3 Å². The average molecular weight is 377 g/mol. The van der Waals surface area contributed by atoms with Gasteiger partial charge in [0.25, 0.3) is 0 Å². The predicted molar refractivity (Wildman–Crippen MR) is 117 cm³/mol. The van der Waals surface area contributed by atoms with Gasteiger partial charge in [-0.2, -0.15) is 0 Å². The minimum absolute atomic E-state index is 0. The summed E-state index contributed by atoms with van der Waals surface area (Å²) in [4.78, 5) is 13.4. The Hall–Kier alpha value is -3.12. The Morgan fingerprint density at radius 2 is 1.68 bits per heavy atom. The van der Waals surface area contributed by atoms with E-state index in [1.54, 1.807) is 6.20 Å². The van der Waals surface area contributed by atoms with E-state index < -0.39 is 0 Å². The van der Waals surface area contributed by atoms with E-state index in [0.29, 0.717) is 5.95 Å². The molecule has 0 amide bonds. The van der Waals surface area contributed by atoms with Crippen molar-refractivity contribution in [3.05, 3.63) is 60.8 Å². The van der Waals surface area contributed by atoms with Gasteiger partial charge >= 0.3 is 0 Å². The lowest BCUT2D eigenvalue weighted by atomic mass is 10.1. The van der Waals surface area contributed by atoms with Crippen LogP contribution in [0.3, 0.4) is 0 Å². The molecule has 146 valence electrons. The van der Waals surface area contributed by atoms with Crippen molar-refractivity contribution >= 4 is 23.0 Å². The zero-order valence-corrected chi connectivity index (χ0v) is 16.3. The molecule has 0 bridgehead atoms. The lowest BCUT2D eigenvalue weighted by Crippen LogP contribution is -2.36. The molecular formula is C22H27N5O. The first-order chi connectivity index (χ1) is 13.7. The number of hydrogen-bond donors (Lipinski definition) is 1. The number of ether oxygens (including phenoxy) is 1. The first-order valence-electron chi connectivity index (χ1n) is 9.50. The van der Waals surface area contributed by atoms with Gasteiger partial charge in [-0.15, -0.1) is 0 Å². The van der Waals surface area contributed by atoms with Gasteiger partial charge in [0.2, 0.25) is 5.95 Å². The Morgan fingerprint density at radius 3 is 2.36 bits per heavy atom. The summed E-state index contributed by atoms with van der Waals surface area (Å²) in [6, 6.07) is 18.6. The zero-order chi connectivity index (χ0) is 19.3. The molecule has 1 N–H and O–H groups in total. The predicted octanol–water partition coefficient (Wildman–Crippen LogP) is 4.04. The average Bonchev–Trinajstić information content (AvgIpc) is 2.75. The summed E-state index contributed by atoms with van der Waals surface area (Å²) in [6.07, 6.45) is 1.78. The summed E-state index contributed by atoms with van der Waals surface area (Å²) in [6.45, 7) is 3.45. The van der Waals surface area contributed by atoms with Crippen molar-refractivity contribution in [2.24, 2.45) is 0 Å². The van der Waals surface area contributed by atoms with Gasteiger partial charge in [-0.3, -0.25) is 0 Å². The highest BCUT2D eigenvalue weighted by atomic mass is 16.5. The molecule has 1 aromatic heterocycles. The summed E-state index contributed by atoms with van der Waals surface area (Å²) in [5.74, 6) is 0.591. The van der Waals surface area contributed by atoms with E-state index in [2.05, 4.69) is 73.6 Å². The molecule has 0 aliphatic carbocycles. The van der Waals surface area contributed by atoms with Gasteiger partial charge in [0.05, 0.1) is 18.9 Å². The molecule has 2 heterocycles. The van der Waals surface area contributed by atoms with E-state index in [0.717, 1.165) is 48.9 Å². The van der Waals surface area contributed by atoms with Crippen LogP contribution in [0.1, 0.15) is 1.43 Å². The minimum Gasteiger partial charge on any atom is -0.378 e. The topological polar surface area (TPSA) is 53.5 Å². The second-order valence-corrected chi connectivity index (χ2v) is 6.98. The molecule has 1 saturated heterocycles. The fourth-order valence-electron chi connectivity index (χ4n) is 3.22. The van der Waals surface area contributed by atoms with Crippen LogP contribution in [0.5, 0.6) is 0 Å². The second-order valence-electron chi connectivity index (χ2n) is 6.98. The molecule has 1 aliphatic rings. The Morgan fingerprint density at radius 1 is 0.964 bits per heavy atom. The van der Waals surface area contributed by atoms with Crippen molar-refractivity contribution in [2.45, 2.75) is 0 Å². The molecule has 0 saturated carbocycles. The molecule has 1 fully saturated rings. The SMILES string of the molecule is CN(C)c1ccc(-c2ccnc(Nc3ccc(N4CCOCC4)cc3)n2)cc1.[HH]. The standard InChI is InChI=1S/C22H25N5O.H2/c1-26(2)19-7-3-17(4-8-19)21-11-12-23-22(25-21)24-18-5-9-20(10-6-18)27-13-15-28-16-14-27;/h3-12H,13-16H2,1-2H3,(H,23,24,25);1H. The highest BCUT2D eigenvalue weighted by Gasteiger charge is 2.11. The van der Waals surface area contributed by atoms with Crippen LogP contribution < -0.4 is 15.1 Å². The molecule has 0 radical (unpaired) electrons. The summed E-state index contributed by atoms with van der Waals surface area (Å²) < 4.78 is 5.42. The molecule has 4 rings (SSSR count). The van der Waals surface area contributed by atoms with Crippen LogP contribution >= 0.6 is 0 Å².